The Kier molecular flexibility index (Phi) is 2.69. The SMILES string of the molecule is Cc1ccc2c(c1)C(NCc1ccn[nH]1)CC2. The average Bonchev–Trinajstić information content (AvgIpc) is 2.94. The van der Waals surface area contributed by atoms with Gasteiger partial charge in [0.15, 0.2) is 0 Å². The Hall–Kier alpha value is -1.61. The average molecular weight is 227 g/mol. The van der Waals surface area contributed by atoms with Crippen molar-refractivity contribution in [2.75, 3.05) is 0 Å². The van der Waals surface area contributed by atoms with Crippen LogP contribution in [-0.4, -0.2) is 10.2 Å². The van der Waals surface area contributed by atoms with Crippen LogP contribution in [0.3, 0.4) is 0 Å². The molecule has 17 heavy (non-hydrogen) atoms. The first-order chi connectivity index (χ1) is 8.33. The summed E-state index contributed by atoms with van der Waals surface area (Å²) in [5.74, 6) is 0. The molecule has 0 fully saturated rings. The minimum Gasteiger partial charge on any atom is -0.304 e. The molecule has 3 rings (SSSR count). The predicted octanol–water partition coefficient (Wildman–Crippen LogP) is 2.50. The smallest absolute Gasteiger partial charge is 0.0490 e. The molecule has 0 bridgehead atoms. The van der Waals surface area contributed by atoms with Crippen LogP contribution < -0.4 is 5.32 Å². The fourth-order valence-corrected chi connectivity index (χ4v) is 2.55. The summed E-state index contributed by atoms with van der Waals surface area (Å²) in [6.45, 7) is 3.02. The molecule has 0 saturated heterocycles. The van der Waals surface area contributed by atoms with Crippen LogP contribution in [0.25, 0.3) is 0 Å². The summed E-state index contributed by atoms with van der Waals surface area (Å²) in [5, 5.41) is 10.5. The molecule has 88 valence electrons. The van der Waals surface area contributed by atoms with E-state index in [0.717, 1.165) is 12.2 Å². The van der Waals surface area contributed by atoms with Crippen LogP contribution in [0.2, 0.25) is 0 Å². The van der Waals surface area contributed by atoms with Crippen molar-refractivity contribution in [2.24, 2.45) is 0 Å². The molecule has 0 saturated carbocycles. The monoisotopic (exact) mass is 227 g/mol. The first kappa shape index (κ1) is 10.5. The van der Waals surface area contributed by atoms with Crippen molar-refractivity contribution in [3.05, 3.63) is 52.8 Å². The zero-order valence-corrected chi connectivity index (χ0v) is 10.0. The summed E-state index contributed by atoms with van der Waals surface area (Å²) in [7, 11) is 0. The van der Waals surface area contributed by atoms with Gasteiger partial charge in [-0.1, -0.05) is 23.8 Å². The quantitative estimate of drug-likeness (QED) is 0.845. The summed E-state index contributed by atoms with van der Waals surface area (Å²) in [5.41, 5.74) is 5.47. The van der Waals surface area contributed by atoms with Crippen LogP contribution in [0, 0.1) is 6.92 Å². The molecule has 2 aromatic rings. The minimum atomic E-state index is 0.494. The van der Waals surface area contributed by atoms with Crippen molar-refractivity contribution in [3.8, 4) is 0 Å². The number of nitrogens with zero attached hydrogens (tertiary/aromatic N) is 1. The molecular weight excluding hydrogens is 210 g/mol. The molecular formula is C14H17N3. The zero-order valence-electron chi connectivity index (χ0n) is 10.0. The Balaban J connectivity index is 1.73. The fraction of sp³-hybridized carbons (Fsp3) is 0.357. The highest BCUT2D eigenvalue weighted by atomic mass is 15.1. The fourth-order valence-electron chi connectivity index (χ4n) is 2.55. The molecule has 0 aliphatic heterocycles. The van der Waals surface area contributed by atoms with Crippen LogP contribution in [0.4, 0.5) is 0 Å². The van der Waals surface area contributed by atoms with E-state index < -0.39 is 0 Å². The van der Waals surface area contributed by atoms with E-state index in [1.165, 1.54) is 29.5 Å². The molecule has 1 aromatic heterocycles. The lowest BCUT2D eigenvalue weighted by atomic mass is 10.1. The van der Waals surface area contributed by atoms with E-state index in [-0.39, 0.29) is 0 Å². The third-order valence-corrected chi connectivity index (χ3v) is 3.48. The number of H-pyrrole nitrogens is 1. The van der Waals surface area contributed by atoms with Gasteiger partial charge in [0.05, 0.1) is 0 Å². The molecule has 1 aliphatic rings. The number of hydrogen-bond acceptors (Lipinski definition) is 2. The van der Waals surface area contributed by atoms with Gasteiger partial charge in [0, 0.05) is 24.5 Å². The van der Waals surface area contributed by atoms with Crippen molar-refractivity contribution in [3.63, 3.8) is 0 Å². The topological polar surface area (TPSA) is 40.7 Å². The second kappa shape index (κ2) is 4.34. The van der Waals surface area contributed by atoms with E-state index in [1.54, 1.807) is 6.20 Å². The second-order valence-corrected chi connectivity index (χ2v) is 4.76. The third kappa shape index (κ3) is 2.11. The number of rotatable bonds is 3. The maximum absolute atomic E-state index is 3.96. The van der Waals surface area contributed by atoms with Gasteiger partial charge >= 0.3 is 0 Å². The number of aromatic amines is 1. The molecule has 1 aliphatic carbocycles. The first-order valence-corrected chi connectivity index (χ1v) is 6.14. The van der Waals surface area contributed by atoms with Gasteiger partial charge in [-0.2, -0.15) is 5.10 Å². The van der Waals surface area contributed by atoms with Gasteiger partial charge in [-0.05, 0) is 37.0 Å². The Labute approximate surface area is 101 Å². The normalized spacial score (nSPS) is 18.3. The molecule has 1 atom stereocenters. The number of hydrogen-bond donors (Lipinski definition) is 2. The highest BCUT2D eigenvalue weighted by Gasteiger charge is 2.21. The standard InChI is InChI=1S/C14H17N3/c1-10-2-3-11-4-5-14(13(11)8-10)15-9-12-6-7-16-17-12/h2-3,6-8,14-15H,4-5,9H2,1H3,(H,16,17). The lowest BCUT2D eigenvalue weighted by Crippen LogP contribution is -2.18. The van der Waals surface area contributed by atoms with E-state index in [9.17, 15) is 0 Å². The summed E-state index contributed by atoms with van der Waals surface area (Å²) in [4.78, 5) is 0. The lowest BCUT2D eigenvalue weighted by Gasteiger charge is -2.13. The summed E-state index contributed by atoms with van der Waals surface area (Å²) < 4.78 is 0. The molecule has 0 spiro atoms. The maximum Gasteiger partial charge on any atom is 0.0490 e. The zero-order chi connectivity index (χ0) is 11.7. The molecule has 1 aromatic carbocycles. The van der Waals surface area contributed by atoms with Gasteiger partial charge in [-0.3, -0.25) is 5.10 Å². The van der Waals surface area contributed by atoms with Gasteiger partial charge in [-0.15, -0.1) is 0 Å². The molecule has 3 heteroatoms. The Morgan fingerprint density at radius 2 is 2.35 bits per heavy atom. The number of fused-ring (bicyclic) bond motifs is 1. The lowest BCUT2D eigenvalue weighted by molar-refractivity contribution is 0.524. The van der Waals surface area contributed by atoms with E-state index in [4.69, 9.17) is 0 Å². The molecule has 3 nitrogen and oxygen atoms in total. The molecule has 0 radical (unpaired) electrons. The molecule has 1 heterocycles. The van der Waals surface area contributed by atoms with Crippen molar-refractivity contribution in [1.82, 2.24) is 15.5 Å². The van der Waals surface area contributed by atoms with E-state index >= 15 is 0 Å². The van der Waals surface area contributed by atoms with Crippen LogP contribution >= 0.6 is 0 Å². The van der Waals surface area contributed by atoms with E-state index in [1.807, 2.05) is 6.07 Å². The molecule has 2 N–H and O–H groups in total. The van der Waals surface area contributed by atoms with Gasteiger partial charge < -0.3 is 5.32 Å². The first-order valence-electron chi connectivity index (χ1n) is 6.14. The van der Waals surface area contributed by atoms with Gasteiger partial charge in [-0.25, -0.2) is 0 Å². The third-order valence-electron chi connectivity index (χ3n) is 3.48. The van der Waals surface area contributed by atoms with Gasteiger partial charge in [0.25, 0.3) is 0 Å². The Bertz CT molecular complexity index is 502. The van der Waals surface area contributed by atoms with Gasteiger partial charge in [0.1, 0.15) is 0 Å². The van der Waals surface area contributed by atoms with Crippen molar-refractivity contribution in [2.45, 2.75) is 32.4 Å². The van der Waals surface area contributed by atoms with Crippen LogP contribution in [0.15, 0.2) is 30.5 Å². The van der Waals surface area contributed by atoms with Crippen LogP contribution in [-0.2, 0) is 13.0 Å². The molecule has 0 amide bonds. The van der Waals surface area contributed by atoms with Gasteiger partial charge in [0.2, 0.25) is 0 Å². The Morgan fingerprint density at radius 3 is 3.18 bits per heavy atom. The molecule has 1 unspecified atom stereocenters. The number of benzene rings is 1. The highest BCUT2D eigenvalue weighted by molar-refractivity contribution is 5.37. The highest BCUT2D eigenvalue weighted by Crippen LogP contribution is 2.31. The number of aryl methyl sites for hydroxylation is 2. The maximum atomic E-state index is 3.96. The van der Waals surface area contributed by atoms with Crippen LogP contribution in [0.1, 0.15) is 34.8 Å². The largest absolute Gasteiger partial charge is 0.304 e. The van der Waals surface area contributed by atoms with Crippen molar-refractivity contribution >= 4 is 0 Å². The van der Waals surface area contributed by atoms with E-state index in [2.05, 4.69) is 40.6 Å². The second-order valence-electron chi connectivity index (χ2n) is 4.76. The van der Waals surface area contributed by atoms with Crippen molar-refractivity contribution < 1.29 is 0 Å². The van der Waals surface area contributed by atoms with Crippen molar-refractivity contribution in [1.29, 1.82) is 0 Å². The summed E-state index contributed by atoms with van der Waals surface area (Å²) >= 11 is 0. The van der Waals surface area contributed by atoms with E-state index in [0.29, 0.717) is 6.04 Å². The number of aromatic nitrogens is 2. The Morgan fingerprint density at radius 1 is 1.41 bits per heavy atom. The number of nitrogens with one attached hydrogen (secondary N) is 2. The minimum absolute atomic E-state index is 0.494. The van der Waals surface area contributed by atoms with Crippen LogP contribution in [0.5, 0.6) is 0 Å². The summed E-state index contributed by atoms with van der Waals surface area (Å²) in [6.07, 6.45) is 4.19. The summed E-state index contributed by atoms with van der Waals surface area (Å²) in [6, 6.07) is 9.29. The predicted molar refractivity (Wildman–Crippen MR) is 67.7 cm³/mol.